The van der Waals surface area contributed by atoms with Crippen molar-refractivity contribution >= 4 is 45.7 Å². The van der Waals surface area contributed by atoms with E-state index in [1.807, 2.05) is 6.07 Å². The first-order valence-electron chi connectivity index (χ1n) is 37.5. The molecular formula is C84H69ClF6N34O6. The van der Waals surface area contributed by atoms with E-state index in [4.69, 9.17) is 74.4 Å². The van der Waals surface area contributed by atoms with Gasteiger partial charge < -0.3 is 62.8 Å². The van der Waals surface area contributed by atoms with E-state index in [1.54, 1.807) is 211 Å². The Morgan fingerprint density at radius 2 is 0.679 bits per heavy atom. The first kappa shape index (κ1) is 91.2. The summed E-state index contributed by atoms with van der Waals surface area (Å²) in [5.41, 5.74) is 32.9. The van der Waals surface area contributed by atoms with Crippen LogP contribution >= 0.6 is 11.6 Å². The lowest BCUT2D eigenvalue weighted by Gasteiger charge is -2.08. The van der Waals surface area contributed by atoms with Crippen molar-refractivity contribution in [2.45, 2.75) is 0 Å². The zero-order valence-electron chi connectivity index (χ0n) is 67.4. The van der Waals surface area contributed by atoms with Crippen LogP contribution in [0.3, 0.4) is 0 Å². The van der Waals surface area contributed by atoms with Gasteiger partial charge in [-0.25, -0.2) is 80.3 Å². The molecule has 131 heavy (non-hydrogen) atoms. The second kappa shape index (κ2) is 47.0. The minimum atomic E-state index is -0.523. The molecule has 14 aromatic heterocycles. The summed E-state index contributed by atoms with van der Waals surface area (Å²) in [6.07, 6.45) is 34.7. The van der Waals surface area contributed by atoms with Crippen molar-refractivity contribution in [1.29, 1.82) is 0 Å². The number of nitrogens with zero attached hydrogens (tertiary/aromatic N) is 25. The van der Waals surface area contributed by atoms with Gasteiger partial charge in [-0.1, -0.05) is 16.8 Å². The van der Waals surface area contributed by atoms with Gasteiger partial charge in [-0.3, -0.25) is 14.8 Å². The molecule has 20 aromatic rings. The van der Waals surface area contributed by atoms with Crippen molar-refractivity contribution in [3.8, 4) is 98.1 Å². The summed E-state index contributed by atoms with van der Waals surface area (Å²) in [7, 11) is 0. The maximum absolute atomic E-state index is 13.4. The van der Waals surface area contributed by atoms with Gasteiger partial charge >= 0.3 is 0 Å². The number of hydrogen-bond donors (Lipinski definition) is 9. The van der Waals surface area contributed by atoms with E-state index >= 15 is 0 Å². The van der Waals surface area contributed by atoms with Gasteiger partial charge in [0.15, 0.2) is 23.3 Å². The van der Waals surface area contributed by atoms with Crippen molar-refractivity contribution in [2.24, 2.45) is 0 Å². The van der Waals surface area contributed by atoms with E-state index < -0.39 is 34.9 Å². The zero-order chi connectivity index (χ0) is 91.9. The van der Waals surface area contributed by atoms with Gasteiger partial charge in [0.2, 0.25) is 0 Å². The van der Waals surface area contributed by atoms with Crippen molar-refractivity contribution in [1.82, 2.24) is 140 Å². The molecule has 0 saturated heterocycles. The maximum atomic E-state index is 13.4. The maximum Gasteiger partial charge on any atom is 0.177 e. The molecule has 0 saturated carbocycles. The first-order chi connectivity index (χ1) is 63.7. The number of pyridine rings is 6. The van der Waals surface area contributed by atoms with Crippen molar-refractivity contribution in [3.63, 3.8) is 0 Å². The van der Waals surface area contributed by atoms with Crippen LogP contribution in [0.4, 0.5) is 60.5 Å². The third kappa shape index (κ3) is 29.0. The number of hydrogen-bond acceptors (Lipinski definition) is 32. The third-order valence-electron chi connectivity index (χ3n) is 16.0. The van der Waals surface area contributed by atoms with E-state index in [0.717, 1.165) is 0 Å². The van der Waals surface area contributed by atoms with E-state index in [9.17, 15) is 26.3 Å². The lowest BCUT2D eigenvalue weighted by molar-refractivity contribution is 0.475. The van der Waals surface area contributed by atoms with Crippen LogP contribution in [0.2, 0.25) is 5.15 Å². The molecule has 15 N–H and O–H groups in total. The Bertz CT molecular complexity index is 5940. The van der Waals surface area contributed by atoms with Crippen LogP contribution in [0.25, 0.3) is 29.1 Å². The SMILES string of the molecule is Nc1ccc(Oc2ccnc(-n3cccn3)c2)cc1F.Nc1ccc(Oc2ccnc(-n3ccnn3)c2)cc1F.Nc1ccc(Oc2ccnc(-n3cncn3)c2)cc1F.Nc1ccc(Oc2ccnc(-n3cnnc3)c2)cc1F.Nc1ccc(Oc2ccnc(-n3nccn3)c2)cc1F.Nc1ccc(Oc2ccnc(Cl)c2)cc1F.c1cn[nH]c1.c1cn[nH]n1.c1nc[nH]n1. The number of nitrogen functional groups attached to an aromatic ring is 6. The largest absolute Gasteiger partial charge is 0.457 e. The summed E-state index contributed by atoms with van der Waals surface area (Å²) in [6, 6.07) is 49.1. The van der Waals surface area contributed by atoms with E-state index in [0.29, 0.717) is 103 Å². The van der Waals surface area contributed by atoms with Gasteiger partial charge in [0.25, 0.3) is 0 Å². The van der Waals surface area contributed by atoms with Gasteiger partial charge in [-0.05, 0) is 121 Å². The summed E-state index contributed by atoms with van der Waals surface area (Å²) in [5, 5.41) is 52.8. The quantitative estimate of drug-likeness (QED) is 0.0232. The van der Waals surface area contributed by atoms with Crippen LogP contribution in [-0.2, 0) is 0 Å². The molecule has 0 bridgehead atoms. The smallest absolute Gasteiger partial charge is 0.177 e. The molecule has 0 aliphatic heterocycles. The molecule has 0 atom stereocenters. The first-order valence-corrected chi connectivity index (χ1v) is 37.9. The highest BCUT2D eigenvalue weighted by molar-refractivity contribution is 6.29. The number of nitrogens with two attached hydrogens (primary N) is 6. The zero-order valence-corrected chi connectivity index (χ0v) is 68.2. The molecule has 0 aliphatic rings. The molecule has 40 nitrogen and oxygen atoms in total. The Labute approximate surface area is 740 Å². The predicted octanol–water partition coefficient (Wildman–Crippen LogP) is 14.8. The predicted molar refractivity (Wildman–Crippen MR) is 464 cm³/mol. The Morgan fingerprint density at radius 3 is 1.00 bits per heavy atom. The van der Waals surface area contributed by atoms with Gasteiger partial charge in [0.05, 0.1) is 71.3 Å². The van der Waals surface area contributed by atoms with Crippen LogP contribution in [0.15, 0.2) is 331 Å². The highest BCUT2D eigenvalue weighted by Crippen LogP contribution is 2.32. The molecule has 0 fully saturated rings. The summed E-state index contributed by atoms with van der Waals surface area (Å²) >= 11 is 5.68. The summed E-state index contributed by atoms with van der Waals surface area (Å²) < 4.78 is 119. The van der Waals surface area contributed by atoms with E-state index in [2.05, 4.69) is 117 Å². The summed E-state index contributed by atoms with van der Waals surface area (Å²) in [4.78, 5) is 33.3. The second-order valence-electron chi connectivity index (χ2n) is 25.2. The highest BCUT2D eigenvalue weighted by Gasteiger charge is 2.13. The van der Waals surface area contributed by atoms with Gasteiger partial charge in [0, 0.05) is 135 Å². The van der Waals surface area contributed by atoms with Crippen LogP contribution in [0.5, 0.6) is 69.0 Å². The Morgan fingerprint density at radius 1 is 0.290 bits per heavy atom. The molecule has 660 valence electrons. The summed E-state index contributed by atoms with van der Waals surface area (Å²) in [6.45, 7) is 0. The molecule has 0 amide bonds. The number of nitrogens with one attached hydrogen (secondary N) is 3. The van der Waals surface area contributed by atoms with Gasteiger partial charge in [0.1, 0.15) is 153 Å². The fourth-order valence-electron chi connectivity index (χ4n) is 9.90. The lowest BCUT2D eigenvalue weighted by Crippen LogP contribution is -2.01. The van der Waals surface area contributed by atoms with Gasteiger partial charge in [-0.2, -0.15) is 46.0 Å². The monoisotopic (exact) mass is 1800 g/mol. The summed E-state index contributed by atoms with van der Waals surface area (Å²) in [5.74, 6) is 4.92. The minimum absolute atomic E-state index is 0.0773. The standard InChI is InChI=1S/C14H11FN4O.4C13H10FN5O.C11H8ClFN2O.C3H4N2.2C2H3N3/c15-12-8-10(2-3-13(12)16)20-11-4-6-17-14(9-11)19-7-1-5-18-19;14-11-5-9(1-2-12(11)15)20-10-3-4-17-13(6-10)19-8-16-7-18-19;14-11-5-9(1-2-12(11)15)20-10-3-4-16-13(6-10)19-7-17-18-8-19;14-11-7-9(1-2-12(11)15)20-10-3-4-16-13(8-10)19-6-5-17-18-19;14-11-7-9(1-2-12(11)15)20-10-3-4-16-13(8-10)19-17-5-6-18-19;12-11-6-8(3-4-15-11)16-7-1-2-10(14)9(13)5-7;1-2-4-5-3-1;1-3-2-5-4-1;1-2-4-5-3-1/h1-9H,16H2;4*1-8H,15H2;1-6H,14H2;1-3H,(H,4,5);2*1-2H,(H,3,4,5). The van der Waals surface area contributed by atoms with Crippen molar-refractivity contribution in [3.05, 3.63) is 371 Å². The number of aromatic nitrogens is 28. The Hall–Kier alpha value is -19.1. The molecule has 20 rings (SSSR count). The second-order valence-corrected chi connectivity index (χ2v) is 25.6. The lowest BCUT2D eigenvalue weighted by atomic mass is 10.3. The topological polar surface area (TPSA) is 541 Å². The molecular weight excluding hydrogens is 1730 g/mol. The number of rotatable bonds is 17. The average Bonchev–Trinajstić information content (AvgIpc) is 1.82. The van der Waals surface area contributed by atoms with Crippen molar-refractivity contribution in [2.75, 3.05) is 34.4 Å². The fourth-order valence-corrected chi connectivity index (χ4v) is 10.1. The van der Waals surface area contributed by atoms with Crippen LogP contribution in [0, 0.1) is 34.9 Å². The number of benzene rings is 6. The number of ether oxygens (including phenoxy) is 6. The number of aromatic amines is 3. The fraction of sp³-hybridized carbons (Fsp3) is 0. The minimum Gasteiger partial charge on any atom is -0.457 e. The molecule has 14 heterocycles. The Balaban J connectivity index is 0.000000137. The molecule has 0 radical (unpaired) electrons. The molecule has 0 spiro atoms. The molecule has 0 aliphatic carbocycles. The molecule has 0 unspecified atom stereocenters. The normalized spacial score (nSPS) is 10.1. The van der Waals surface area contributed by atoms with Crippen LogP contribution < -0.4 is 62.8 Å². The van der Waals surface area contributed by atoms with E-state index in [1.165, 1.54) is 137 Å². The average molecular weight is 1800 g/mol. The number of anilines is 6. The van der Waals surface area contributed by atoms with E-state index in [-0.39, 0.29) is 34.1 Å². The number of halogens is 7. The molecule has 47 heteroatoms. The molecule has 6 aromatic carbocycles. The highest BCUT2D eigenvalue weighted by atomic mass is 35.5. The van der Waals surface area contributed by atoms with Crippen molar-refractivity contribution < 1.29 is 54.8 Å². The third-order valence-corrected chi connectivity index (χ3v) is 16.2. The number of H-pyrrole nitrogens is 3. The van der Waals surface area contributed by atoms with Crippen LogP contribution in [-0.4, -0.2) is 140 Å². The Kier molecular flexibility index (Phi) is 32.7. The van der Waals surface area contributed by atoms with Gasteiger partial charge in [-0.15, -0.1) is 20.1 Å². The van der Waals surface area contributed by atoms with Crippen LogP contribution in [0.1, 0.15) is 0 Å².